The second-order valence-corrected chi connectivity index (χ2v) is 6.76. The van der Waals surface area contributed by atoms with E-state index >= 15 is 0 Å². The first kappa shape index (κ1) is 15.5. The Balaban J connectivity index is 1.69. The van der Waals surface area contributed by atoms with Crippen LogP contribution in [0.3, 0.4) is 0 Å². The van der Waals surface area contributed by atoms with Crippen LogP contribution in [0.5, 0.6) is 0 Å². The summed E-state index contributed by atoms with van der Waals surface area (Å²) < 4.78 is 5.63. The molecule has 118 valence electrons. The monoisotopic (exact) mass is 298 g/mol. The predicted octanol–water partition coefficient (Wildman–Crippen LogP) is 3.16. The fourth-order valence-electron chi connectivity index (χ4n) is 4.26. The Bertz CT molecular complexity index is 563. The number of benzene rings is 1. The van der Waals surface area contributed by atoms with Crippen molar-refractivity contribution in [3.8, 4) is 6.07 Å². The molecule has 0 spiro atoms. The van der Waals surface area contributed by atoms with Crippen LogP contribution >= 0.6 is 0 Å². The standard InChI is InChI=1S/C19H26N2O/c1-3-22-13-15-9-14(2)21(12-15)18-7-8-19-16(10-18)5-4-6-17(19)11-20/h4-6,14-15,18H,3,7-10,12-13H2,1-2H3. The van der Waals surface area contributed by atoms with Gasteiger partial charge in [-0.2, -0.15) is 5.26 Å². The van der Waals surface area contributed by atoms with Crippen molar-refractivity contribution in [2.75, 3.05) is 19.8 Å². The lowest BCUT2D eigenvalue weighted by Crippen LogP contribution is -2.41. The van der Waals surface area contributed by atoms with E-state index in [0.717, 1.165) is 31.6 Å². The lowest BCUT2D eigenvalue weighted by molar-refractivity contribution is 0.107. The maximum Gasteiger partial charge on any atom is 0.0994 e. The molecular weight excluding hydrogens is 272 g/mol. The summed E-state index contributed by atoms with van der Waals surface area (Å²) in [6, 6.07) is 9.82. The van der Waals surface area contributed by atoms with E-state index in [1.54, 1.807) is 0 Å². The second-order valence-electron chi connectivity index (χ2n) is 6.76. The van der Waals surface area contributed by atoms with E-state index in [0.29, 0.717) is 18.0 Å². The highest BCUT2D eigenvalue weighted by Crippen LogP contribution is 2.32. The molecular formula is C19H26N2O. The Morgan fingerprint density at radius 1 is 1.41 bits per heavy atom. The molecule has 0 aromatic heterocycles. The minimum Gasteiger partial charge on any atom is -0.381 e. The van der Waals surface area contributed by atoms with Crippen LogP contribution in [0.4, 0.5) is 0 Å². The number of likely N-dealkylation sites (tertiary alicyclic amines) is 1. The molecule has 1 aromatic carbocycles. The number of nitrogens with zero attached hydrogens (tertiary/aromatic N) is 2. The van der Waals surface area contributed by atoms with Crippen LogP contribution in [-0.2, 0) is 17.6 Å². The third kappa shape index (κ3) is 3.04. The third-order valence-corrected chi connectivity index (χ3v) is 5.31. The van der Waals surface area contributed by atoms with Gasteiger partial charge >= 0.3 is 0 Å². The van der Waals surface area contributed by atoms with Gasteiger partial charge in [-0.25, -0.2) is 0 Å². The zero-order valence-electron chi connectivity index (χ0n) is 13.7. The van der Waals surface area contributed by atoms with Crippen LogP contribution < -0.4 is 0 Å². The molecule has 0 N–H and O–H groups in total. The van der Waals surface area contributed by atoms with Crippen LogP contribution in [0.15, 0.2) is 18.2 Å². The topological polar surface area (TPSA) is 36.3 Å². The Kier molecular flexibility index (Phi) is 4.81. The second kappa shape index (κ2) is 6.81. The predicted molar refractivity (Wildman–Crippen MR) is 87.7 cm³/mol. The highest BCUT2D eigenvalue weighted by molar-refractivity contribution is 5.44. The summed E-state index contributed by atoms with van der Waals surface area (Å²) in [6.45, 7) is 7.31. The van der Waals surface area contributed by atoms with Crippen LogP contribution in [0, 0.1) is 17.2 Å². The van der Waals surface area contributed by atoms with Crippen molar-refractivity contribution >= 4 is 0 Å². The van der Waals surface area contributed by atoms with Crippen molar-refractivity contribution in [1.29, 1.82) is 5.26 Å². The van der Waals surface area contributed by atoms with Gasteiger partial charge in [-0.1, -0.05) is 12.1 Å². The van der Waals surface area contributed by atoms with E-state index in [1.807, 2.05) is 12.1 Å². The minimum atomic E-state index is 0.628. The molecule has 1 aromatic rings. The molecule has 22 heavy (non-hydrogen) atoms. The van der Waals surface area contributed by atoms with E-state index in [2.05, 4.69) is 30.9 Å². The van der Waals surface area contributed by atoms with Gasteiger partial charge in [0.1, 0.15) is 0 Å². The van der Waals surface area contributed by atoms with E-state index in [9.17, 15) is 5.26 Å². The molecule has 0 amide bonds. The zero-order chi connectivity index (χ0) is 15.5. The van der Waals surface area contributed by atoms with Gasteiger partial charge in [-0.15, -0.1) is 0 Å². The number of rotatable bonds is 4. The van der Waals surface area contributed by atoms with Gasteiger partial charge in [-0.3, -0.25) is 4.90 Å². The third-order valence-electron chi connectivity index (χ3n) is 5.31. The number of hydrogen-bond donors (Lipinski definition) is 0. The lowest BCUT2D eigenvalue weighted by Gasteiger charge is -2.35. The van der Waals surface area contributed by atoms with Gasteiger partial charge < -0.3 is 4.74 Å². The molecule has 3 rings (SSSR count). The fraction of sp³-hybridized carbons (Fsp3) is 0.632. The molecule has 1 heterocycles. The Labute approximate surface area is 133 Å². The van der Waals surface area contributed by atoms with Crippen molar-refractivity contribution in [1.82, 2.24) is 4.90 Å². The number of nitriles is 1. The van der Waals surface area contributed by atoms with Crippen molar-refractivity contribution in [2.45, 2.75) is 51.6 Å². The smallest absolute Gasteiger partial charge is 0.0994 e. The van der Waals surface area contributed by atoms with Gasteiger partial charge in [0.2, 0.25) is 0 Å². The minimum absolute atomic E-state index is 0.628. The summed E-state index contributed by atoms with van der Waals surface area (Å²) in [5, 5.41) is 9.26. The van der Waals surface area contributed by atoms with E-state index in [1.165, 1.54) is 30.5 Å². The van der Waals surface area contributed by atoms with Gasteiger partial charge in [0.25, 0.3) is 0 Å². The molecule has 3 nitrogen and oxygen atoms in total. The summed E-state index contributed by atoms with van der Waals surface area (Å²) in [5.41, 5.74) is 3.55. The first-order valence-electron chi connectivity index (χ1n) is 8.57. The molecule has 3 atom stereocenters. The lowest BCUT2D eigenvalue weighted by atomic mass is 9.85. The fourth-order valence-corrected chi connectivity index (χ4v) is 4.26. The summed E-state index contributed by atoms with van der Waals surface area (Å²) in [6.07, 6.45) is 4.57. The van der Waals surface area contributed by atoms with Gasteiger partial charge in [-0.05, 0) is 62.6 Å². The molecule has 2 aliphatic rings. The average molecular weight is 298 g/mol. The number of fused-ring (bicyclic) bond motifs is 1. The van der Waals surface area contributed by atoms with Crippen molar-refractivity contribution in [3.63, 3.8) is 0 Å². The molecule has 1 aliphatic carbocycles. The first-order chi connectivity index (χ1) is 10.7. The Morgan fingerprint density at radius 2 is 2.27 bits per heavy atom. The molecule has 0 bridgehead atoms. The van der Waals surface area contributed by atoms with Crippen LogP contribution in [-0.4, -0.2) is 36.7 Å². The first-order valence-corrected chi connectivity index (χ1v) is 8.57. The summed E-state index contributed by atoms with van der Waals surface area (Å²) in [7, 11) is 0. The molecule has 1 saturated heterocycles. The largest absolute Gasteiger partial charge is 0.381 e. The normalized spacial score (nSPS) is 28.3. The van der Waals surface area contributed by atoms with Crippen molar-refractivity contribution in [3.05, 3.63) is 34.9 Å². The maximum absolute atomic E-state index is 9.26. The summed E-state index contributed by atoms with van der Waals surface area (Å²) >= 11 is 0. The molecule has 3 unspecified atom stereocenters. The summed E-state index contributed by atoms with van der Waals surface area (Å²) in [5.74, 6) is 0.682. The SMILES string of the molecule is CCOCC1CC(C)N(C2CCc3c(C#N)cccc3C2)C1. The molecule has 1 aliphatic heterocycles. The van der Waals surface area contributed by atoms with Crippen LogP contribution in [0.25, 0.3) is 0 Å². The Hall–Kier alpha value is -1.37. The van der Waals surface area contributed by atoms with Gasteiger partial charge in [0.15, 0.2) is 0 Å². The van der Waals surface area contributed by atoms with Crippen LogP contribution in [0.1, 0.15) is 43.4 Å². The maximum atomic E-state index is 9.26. The molecule has 0 radical (unpaired) electrons. The average Bonchev–Trinajstić information content (AvgIpc) is 2.92. The quantitative estimate of drug-likeness (QED) is 0.856. The highest BCUT2D eigenvalue weighted by atomic mass is 16.5. The summed E-state index contributed by atoms with van der Waals surface area (Å²) in [4.78, 5) is 2.69. The van der Waals surface area contributed by atoms with E-state index in [4.69, 9.17) is 4.74 Å². The highest BCUT2D eigenvalue weighted by Gasteiger charge is 2.35. The molecule has 0 saturated carbocycles. The van der Waals surface area contributed by atoms with Crippen LogP contribution in [0.2, 0.25) is 0 Å². The van der Waals surface area contributed by atoms with E-state index in [-0.39, 0.29) is 0 Å². The van der Waals surface area contributed by atoms with Crippen molar-refractivity contribution in [2.24, 2.45) is 5.92 Å². The molecule has 1 fully saturated rings. The van der Waals surface area contributed by atoms with Crippen molar-refractivity contribution < 1.29 is 4.74 Å². The molecule has 3 heteroatoms. The van der Waals surface area contributed by atoms with E-state index < -0.39 is 0 Å². The number of hydrogen-bond acceptors (Lipinski definition) is 3. The van der Waals surface area contributed by atoms with Gasteiger partial charge in [0.05, 0.1) is 18.2 Å². The van der Waals surface area contributed by atoms with Gasteiger partial charge in [0, 0.05) is 25.2 Å². The zero-order valence-corrected chi connectivity index (χ0v) is 13.7. The number of ether oxygens (including phenoxy) is 1. The Morgan fingerprint density at radius 3 is 3.05 bits per heavy atom.